The molecule has 0 aliphatic rings. The first-order chi connectivity index (χ1) is 7.99. The molecule has 0 aliphatic heterocycles. The van der Waals surface area contributed by atoms with Crippen LogP contribution >= 0.6 is 0 Å². The summed E-state index contributed by atoms with van der Waals surface area (Å²) in [7, 11) is 0. The predicted octanol–water partition coefficient (Wildman–Crippen LogP) is 1.25. The number of hydrogen-bond acceptors (Lipinski definition) is 5. The van der Waals surface area contributed by atoms with Gasteiger partial charge in [-0.15, -0.1) is 0 Å². The zero-order valence-corrected chi connectivity index (χ0v) is 8.91. The zero-order valence-electron chi connectivity index (χ0n) is 8.91. The van der Waals surface area contributed by atoms with Crippen LogP contribution in [0.15, 0.2) is 27.7 Å². The van der Waals surface area contributed by atoms with E-state index in [1.165, 1.54) is 24.3 Å². The topological polar surface area (TPSA) is 124 Å². The van der Waals surface area contributed by atoms with Gasteiger partial charge in [0, 0.05) is 0 Å². The summed E-state index contributed by atoms with van der Waals surface area (Å²) >= 11 is 0. The summed E-state index contributed by atoms with van der Waals surface area (Å²) in [5.74, 6) is -0.0279. The van der Waals surface area contributed by atoms with E-state index in [4.69, 9.17) is 10.2 Å². The first-order valence-electron chi connectivity index (χ1n) is 4.51. The fourth-order valence-corrected chi connectivity index (χ4v) is 0.913. The van der Waals surface area contributed by atoms with Crippen molar-refractivity contribution in [1.29, 1.82) is 0 Å². The van der Waals surface area contributed by atoms with Crippen LogP contribution in [0.25, 0.3) is 6.08 Å². The van der Waals surface area contributed by atoms with Gasteiger partial charge in [0.2, 0.25) is 0 Å². The molecule has 1 heterocycles. The number of nitrogens with zero attached hydrogens (tertiary/aromatic N) is 2. The van der Waals surface area contributed by atoms with E-state index in [0.717, 1.165) is 0 Å². The van der Waals surface area contributed by atoms with E-state index >= 15 is 0 Å². The number of nitro groups is 1. The maximum absolute atomic E-state index is 10.3. The third-order valence-corrected chi connectivity index (χ3v) is 1.62. The molecule has 17 heavy (non-hydrogen) atoms. The average Bonchev–Trinajstić information content (AvgIpc) is 2.72. The van der Waals surface area contributed by atoms with Gasteiger partial charge in [0.1, 0.15) is 10.7 Å². The van der Waals surface area contributed by atoms with Gasteiger partial charge >= 0.3 is 11.9 Å². The number of primary amides is 1. The molecule has 2 amide bonds. The molecule has 0 radical (unpaired) electrons. The minimum absolute atomic E-state index is 0.310. The van der Waals surface area contributed by atoms with Crippen molar-refractivity contribution in [2.24, 2.45) is 10.8 Å². The van der Waals surface area contributed by atoms with Crippen molar-refractivity contribution in [3.05, 3.63) is 34.1 Å². The second-order valence-corrected chi connectivity index (χ2v) is 3.00. The van der Waals surface area contributed by atoms with Crippen LogP contribution in [0.4, 0.5) is 10.7 Å². The summed E-state index contributed by atoms with van der Waals surface area (Å²) in [5, 5.41) is 13.9. The van der Waals surface area contributed by atoms with Crippen molar-refractivity contribution in [1.82, 2.24) is 5.43 Å². The van der Waals surface area contributed by atoms with Crippen molar-refractivity contribution < 1.29 is 14.1 Å². The van der Waals surface area contributed by atoms with Crippen LogP contribution in [0.2, 0.25) is 0 Å². The number of nitrogens with one attached hydrogen (secondary N) is 1. The number of urea groups is 1. The number of hydrazone groups is 1. The van der Waals surface area contributed by atoms with Crippen LogP contribution < -0.4 is 11.2 Å². The third-order valence-electron chi connectivity index (χ3n) is 1.62. The Bertz CT molecular complexity index is 489. The van der Waals surface area contributed by atoms with Gasteiger partial charge < -0.3 is 10.2 Å². The number of hydrogen-bond donors (Lipinski definition) is 2. The average molecular weight is 238 g/mol. The van der Waals surface area contributed by atoms with E-state index < -0.39 is 11.0 Å². The molecule has 8 nitrogen and oxygen atoms in total. The Kier molecular flexibility index (Phi) is 3.98. The molecule has 8 heteroatoms. The molecule has 0 atom stereocenters. The number of furan rings is 1. The van der Waals surface area contributed by atoms with Gasteiger partial charge in [0.15, 0.2) is 0 Å². The monoisotopic (exact) mass is 238 g/mol. The Morgan fingerprint density at radius 2 is 2.35 bits per heavy atom. The first-order valence-corrected chi connectivity index (χ1v) is 4.51. The lowest BCUT2D eigenvalue weighted by Gasteiger charge is -1.92. The molecular formula is C9H10N4O4. The number of carbonyl (C=O) groups is 1. The van der Waals surface area contributed by atoms with Crippen molar-refractivity contribution in [2.45, 2.75) is 6.92 Å². The maximum Gasteiger partial charge on any atom is 0.433 e. The standard InChI is InChI=1S/C9H10N4O4/c1-6(11-12-9(10)14)2-3-7-4-5-8(17-7)13(15)16/h2-5H,1H3,(H3,10,12,14)/b3-2-,11-6+. The molecule has 0 spiro atoms. The molecule has 1 rings (SSSR count). The molecule has 3 N–H and O–H groups in total. The predicted molar refractivity (Wildman–Crippen MR) is 60.2 cm³/mol. The van der Waals surface area contributed by atoms with E-state index in [2.05, 4.69) is 5.10 Å². The second kappa shape index (κ2) is 5.45. The SMILES string of the molecule is CC(/C=C\c1ccc([N+](=O)[O-])o1)=N\NC(N)=O. The van der Waals surface area contributed by atoms with Crippen molar-refractivity contribution in [2.75, 3.05) is 0 Å². The third kappa shape index (κ3) is 4.16. The van der Waals surface area contributed by atoms with E-state index in [0.29, 0.717) is 11.5 Å². The highest BCUT2D eigenvalue weighted by atomic mass is 16.6. The summed E-state index contributed by atoms with van der Waals surface area (Å²) in [6.45, 7) is 1.61. The minimum Gasteiger partial charge on any atom is -0.401 e. The zero-order chi connectivity index (χ0) is 12.8. The van der Waals surface area contributed by atoms with Gasteiger partial charge in [-0.05, 0) is 25.1 Å². The van der Waals surface area contributed by atoms with Gasteiger partial charge in [-0.25, -0.2) is 10.2 Å². The number of allylic oxidation sites excluding steroid dienone is 1. The Morgan fingerprint density at radius 1 is 1.65 bits per heavy atom. The minimum atomic E-state index is -0.772. The largest absolute Gasteiger partial charge is 0.433 e. The Hall–Kier alpha value is -2.64. The van der Waals surface area contributed by atoms with E-state index in [-0.39, 0.29) is 5.88 Å². The highest BCUT2D eigenvalue weighted by molar-refractivity contribution is 5.96. The summed E-state index contributed by atoms with van der Waals surface area (Å²) < 4.78 is 4.87. The van der Waals surface area contributed by atoms with Gasteiger partial charge in [-0.1, -0.05) is 0 Å². The van der Waals surface area contributed by atoms with Crippen LogP contribution in [0.5, 0.6) is 0 Å². The molecule has 0 fully saturated rings. The molecule has 0 unspecified atom stereocenters. The van der Waals surface area contributed by atoms with Crippen LogP contribution in [-0.4, -0.2) is 16.7 Å². The summed E-state index contributed by atoms with van der Waals surface area (Å²) in [6.07, 6.45) is 2.99. The summed E-state index contributed by atoms with van der Waals surface area (Å²) in [4.78, 5) is 20.0. The van der Waals surface area contributed by atoms with E-state index in [9.17, 15) is 14.9 Å². The smallest absolute Gasteiger partial charge is 0.401 e. The quantitative estimate of drug-likeness (QED) is 0.465. The van der Waals surface area contributed by atoms with Crippen LogP contribution in [0, 0.1) is 10.1 Å². The Morgan fingerprint density at radius 3 is 2.88 bits per heavy atom. The van der Waals surface area contributed by atoms with Crippen LogP contribution in [0.1, 0.15) is 12.7 Å². The van der Waals surface area contributed by atoms with Crippen LogP contribution in [0.3, 0.4) is 0 Å². The molecule has 1 aromatic rings. The molecule has 0 saturated heterocycles. The molecule has 0 bridgehead atoms. The number of nitrogens with two attached hydrogens (primary N) is 1. The normalized spacial score (nSPS) is 11.7. The Labute approximate surface area is 95.9 Å². The number of amides is 2. The maximum atomic E-state index is 10.3. The highest BCUT2D eigenvalue weighted by Crippen LogP contribution is 2.16. The van der Waals surface area contributed by atoms with Gasteiger partial charge in [-0.3, -0.25) is 10.1 Å². The first kappa shape index (κ1) is 12.4. The lowest BCUT2D eigenvalue weighted by Crippen LogP contribution is -2.25. The van der Waals surface area contributed by atoms with Crippen molar-refractivity contribution >= 4 is 23.7 Å². The van der Waals surface area contributed by atoms with Gasteiger partial charge in [0.25, 0.3) is 0 Å². The number of rotatable bonds is 4. The van der Waals surface area contributed by atoms with E-state index in [1.807, 2.05) is 5.43 Å². The van der Waals surface area contributed by atoms with E-state index in [1.54, 1.807) is 6.92 Å². The molecule has 0 aromatic carbocycles. The molecule has 0 aliphatic carbocycles. The number of carbonyl (C=O) groups excluding carboxylic acids is 1. The van der Waals surface area contributed by atoms with Crippen molar-refractivity contribution in [3.8, 4) is 0 Å². The summed E-state index contributed by atoms with van der Waals surface area (Å²) in [5.41, 5.74) is 7.31. The van der Waals surface area contributed by atoms with Gasteiger partial charge in [0.05, 0.1) is 11.8 Å². The lowest BCUT2D eigenvalue weighted by atomic mass is 10.3. The molecular weight excluding hydrogens is 228 g/mol. The van der Waals surface area contributed by atoms with Crippen molar-refractivity contribution in [3.63, 3.8) is 0 Å². The van der Waals surface area contributed by atoms with Crippen LogP contribution in [-0.2, 0) is 0 Å². The highest BCUT2D eigenvalue weighted by Gasteiger charge is 2.09. The second-order valence-electron chi connectivity index (χ2n) is 3.00. The fraction of sp³-hybridized carbons (Fsp3) is 0.111. The summed E-state index contributed by atoms with van der Waals surface area (Å²) in [6, 6.07) is 1.92. The Balaban J connectivity index is 2.66. The molecule has 1 aromatic heterocycles. The fourth-order valence-electron chi connectivity index (χ4n) is 0.913. The lowest BCUT2D eigenvalue weighted by molar-refractivity contribution is -0.402. The molecule has 90 valence electrons. The van der Waals surface area contributed by atoms with Gasteiger partial charge in [-0.2, -0.15) is 5.10 Å². The molecule has 0 saturated carbocycles.